The number of rotatable bonds is 57. The van der Waals surface area contributed by atoms with Gasteiger partial charge in [-0.1, -0.05) is 261 Å². The smallest absolute Gasteiger partial charge is 0.306 e. The van der Waals surface area contributed by atoms with Crippen LogP contribution in [-0.2, 0) is 28.6 Å². The molecule has 0 saturated carbocycles. The van der Waals surface area contributed by atoms with Crippen LogP contribution in [0.4, 0.5) is 0 Å². The number of esters is 3. The van der Waals surface area contributed by atoms with E-state index in [1.165, 1.54) is 205 Å². The molecule has 0 radical (unpaired) electrons. The van der Waals surface area contributed by atoms with Gasteiger partial charge < -0.3 is 14.2 Å². The molecule has 0 unspecified atom stereocenters. The Kier molecular flexibility index (Phi) is 58.7. The zero-order chi connectivity index (χ0) is 52.9. The van der Waals surface area contributed by atoms with Gasteiger partial charge in [-0.05, 0) is 109 Å². The number of carbonyl (C=O) groups excluding carboxylic acids is 3. The molecule has 1 atom stereocenters. The van der Waals surface area contributed by atoms with Crippen LogP contribution < -0.4 is 0 Å². The molecule has 73 heavy (non-hydrogen) atoms. The fourth-order valence-electron chi connectivity index (χ4n) is 8.90. The third-order valence-electron chi connectivity index (χ3n) is 13.7. The van der Waals surface area contributed by atoms with Crippen LogP contribution in [0, 0.1) is 0 Å². The van der Waals surface area contributed by atoms with Crippen molar-refractivity contribution in [2.75, 3.05) is 13.2 Å². The molecule has 0 rings (SSSR count). The average molecular weight is 1020 g/mol. The molecule has 0 bridgehead atoms. The molecule has 0 aliphatic heterocycles. The Balaban J connectivity index is 4.43. The van der Waals surface area contributed by atoms with Gasteiger partial charge in [-0.15, -0.1) is 0 Å². The van der Waals surface area contributed by atoms with Crippen molar-refractivity contribution in [3.8, 4) is 0 Å². The number of unbranched alkanes of at least 4 members (excludes halogenated alkanes) is 34. The predicted molar refractivity (Wildman–Crippen MR) is 316 cm³/mol. The van der Waals surface area contributed by atoms with E-state index in [9.17, 15) is 14.4 Å². The minimum absolute atomic E-state index is 0.0964. The second-order valence-electron chi connectivity index (χ2n) is 21.0. The van der Waals surface area contributed by atoms with Crippen molar-refractivity contribution in [3.63, 3.8) is 0 Å². The molecule has 0 aromatic rings. The fraction of sp³-hybridized carbons (Fsp3) is 0.776. The quantitative estimate of drug-likeness (QED) is 0.0261. The SMILES string of the molecule is CCCCC/C=C\C/C=C\CCCCCCCCCCCC(=O)OC[C@H](COC(=O)CCCCCCCCCCC/C=C\CCCCCCCC)OC(=O)CCC/C=C\C/C=C\C/C=C\CCCCCCCC. The highest BCUT2D eigenvalue weighted by Gasteiger charge is 2.19. The van der Waals surface area contributed by atoms with Gasteiger partial charge in [0, 0.05) is 19.3 Å². The second kappa shape index (κ2) is 61.4. The third-order valence-corrected chi connectivity index (χ3v) is 13.7. The second-order valence-corrected chi connectivity index (χ2v) is 21.0. The first-order valence-corrected chi connectivity index (χ1v) is 31.4. The zero-order valence-corrected chi connectivity index (χ0v) is 48.4. The molecule has 0 N–H and O–H groups in total. The number of hydrogen-bond acceptors (Lipinski definition) is 6. The van der Waals surface area contributed by atoms with Gasteiger partial charge in [0.15, 0.2) is 6.10 Å². The van der Waals surface area contributed by atoms with Gasteiger partial charge in [0.2, 0.25) is 0 Å². The van der Waals surface area contributed by atoms with E-state index in [0.717, 1.165) is 64.2 Å². The highest BCUT2D eigenvalue weighted by Crippen LogP contribution is 2.16. The Morgan fingerprint density at radius 3 is 0.849 bits per heavy atom. The van der Waals surface area contributed by atoms with Gasteiger partial charge in [-0.3, -0.25) is 14.4 Å². The standard InChI is InChI=1S/C67H118O6/c1-4-7-10-13-16-19-22-25-28-31-33-36-38-41-44-47-50-53-56-59-65(68)71-62-64(73-67(70)61-58-55-52-49-46-43-40-35-30-27-24-21-18-15-12-9-6-3)63-72-66(69)60-57-54-51-48-45-42-39-37-34-32-29-26-23-20-17-14-11-8-5-2/h16,19,25-30,40,43,49,52,64H,4-15,17-18,20-24,31-39,41-42,44-48,50-51,53-63H2,1-3H3/b19-16-,28-25-,29-26-,30-27-,43-40-,52-49-/t64-/m1/s1. The predicted octanol–water partition coefficient (Wildman–Crippen LogP) is 21.3. The molecule has 422 valence electrons. The molecule has 0 aliphatic rings. The number of carbonyl (C=O) groups is 3. The van der Waals surface area contributed by atoms with Crippen LogP contribution in [-0.4, -0.2) is 37.2 Å². The fourth-order valence-corrected chi connectivity index (χ4v) is 8.90. The first-order valence-electron chi connectivity index (χ1n) is 31.4. The van der Waals surface area contributed by atoms with Gasteiger partial charge in [-0.2, -0.15) is 0 Å². The highest BCUT2D eigenvalue weighted by atomic mass is 16.6. The van der Waals surface area contributed by atoms with Crippen molar-refractivity contribution >= 4 is 17.9 Å². The molecular weight excluding hydrogens is 901 g/mol. The Morgan fingerprint density at radius 1 is 0.274 bits per heavy atom. The van der Waals surface area contributed by atoms with Crippen LogP contribution >= 0.6 is 0 Å². The first kappa shape index (κ1) is 69.8. The van der Waals surface area contributed by atoms with Crippen molar-refractivity contribution in [3.05, 3.63) is 72.9 Å². The lowest BCUT2D eigenvalue weighted by Crippen LogP contribution is -2.30. The van der Waals surface area contributed by atoms with Gasteiger partial charge >= 0.3 is 17.9 Å². The molecule has 6 nitrogen and oxygen atoms in total. The molecule has 0 amide bonds. The Bertz CT molecular complexity index is 1360. The van der Waals surface area contributed by atoms with Gasteiger partial charge in [-0.25, -0.2) is 0 Å². The van der Waals surface area contributed by atoms with Crippen molar-refractivity contribution < 1.29 is 28.6 Å². The minimum atomic E-state index is -0.805. The number of ether oxygens (including phenoxy) is 3. The summed E-state index contributed by atoms with van der Waals surface area (Å²) in [4.78, 5) is 38.3. The monoisotopic (exact) mass is 1020 g/mol. The highest BCUT2D eigenvalue weighted by molar-refractivity contribution is 5.71. The van der Waals surface area contributed by atoms with Crippen molar-refractivity contribution in [1.29, 1.82) is 0 Å². The maximum atomic E-state index is 12.9. The van der Waals surface area contributed by atoms with Crippen molar-refractivity contribution in [2.24, 2.45) is 0 Å². The molecule has 0 heterocycles. The summed E-state index contributed by atoms with van der Waals surface area (Å²) in [5.41, 5.74) is 0. The largest absolute Gasteiger partial charge is 0.462 e. The van der Waals surface area contributed by atoms with E-state index in [2.05, 4.69) is 93.7 Å². The summed E-state index contributed by atoms with van der Waals surface area (Å²) in [6.45, 7) is 6.59. The van der Waals surface area contributed by atoms with Crippen LogP contribution in [0.25, 0.3) is 0 Å². The lowest BCUT2D eigenvalue weighted by Gasteiger charge is -2.18. The minimum Gasteiger partial charge on any atom is -0.462 e. The van der Waals surface area contributed by atoms with Crippen LogP contribution in [0.2, 0.25) is 0 Å². The topological polar surface area (TPSA) is 78.9 Å². The molecule has 0 saturated heterocycles. The normalized spacial score (nSPS) is 12.5. The first-order chi connectivity index (χ1) is 36.0. The summed E-state index contributed by atoms with van der Waals surface area (Å²) in [6, 6.07) is 0. The zero-order valence-electron chi connectivity index (χ0n) is 48.4. The van der Waals surface area contributed by atoms with E-state index in [4.69, 9.17) is 14.2 Å². The molecule has 0 aromatic carbocycles. The maximum Gasteiger partial charge on any atom is 0.306 e. The van der Waals surface area contributed by atoms with Crippen LogP contribution in [0.5, 0.6) is 0 Å². The third kappa shape index (κ3) is 59.6. The molecule has 0 aliphatic carbocycles. The van der Waals surface area contributed by atoms with Gasteiger partial charge in [0.25, 0.3) is 0 Å². The Morgan fingerprint density at radius 2 is 0.507 bits per heavy atom. The molecular formula is C67H118O6. The number of allylic oxidation sites excluding steroid dienone is 12. The summed E-state index contributed by atoms with van der Waals surface area (Å²) >= 11 is 0. The average Bonchev–Trinajstić information content (AvgIpc) is 3.39. The van der Waals surface area contributed by atoms with Crippen LogP contribution in [0.1, 0.15) is 316 Å². The molecule has 0 spiro atoms. The lowest BCUT2D eigenvalue weighted by molar-refractivity contribution is -0.167. The van der Waals surface area contributed by atoms with E-state index < -0.39 is 6.10 Å². The Labute approximate surface area is 453 Å². The lowest BCUT2D eigenvalue weighted by atomic mass is 10.1. The van der Waals surface area contributed by atoms with Crippen LogP contribution in [0.3, 0.4) is 0 Å². The van der Waals surface area contributed by atoms with Crippen molar-refractivity contribution in [1.82, 2.24) is 0 Å². The van der Waals surface area contributed by atoms with E-state index in [-0.39, 0.29) is 37.5 Å². The van der Waals surface area contributed by atoms with Gasteiger partial charge in [0.1, 0.15) is 13.2 Å². The summed E-state index contributed by atoms with van der Waals surface area (Å²) < 4.78 is 16.9. The van der Waals surface area contributed by atoms with Crippen LogP contribution in [0.15, 0.2) is 72.9 Å². The van der Waals surface area contributed by atoms with E-state index >= 15 is 0 Å². The van der Waals surface area contributed by atoms with E-state index in [1.807, 2.05) is 0 Å². The molecule has 0 aromatic heterocycles. The van der Waals surface area contributed by atoms with Crippen molar-refractivity contribution in [2.45, 2.75) is 322 Å². The summed E-state index contributed by atoms with van der Waals surface area (Å²) in [7, 11) is 0. The van der Waals surface area contributed by atoms with E-state index in [0.29, 0.717) is 19.3 Å². The van der Waals surface area contributed by atoms with Gasteiger partial charge in [0.05, 0.1) is 0 Å². The maximum absolute atomic E-state index is 12.9. The molecule has 0 fully saturated rings. The summed E-state index contributed by atoms with van der Waals surface area (Å²) in [5, 5.41) is 0. The summed E-state index contributed by atoms with van der Waals surface area (Å²) in [5.74, 6) is -0.943. The Hall–Kier alpha value is -3.15. The van der Waals surface area contributed by atoms with E-state index in [1.54, 1.807) is 0 Å². The molecule has 6 heteroatoms. The number of hydrogen-bond donors (Lipinski definition) is 0. The summed E-state index contributed by atoms with van der Waals surface area (Å²) in [6.07, 6.45) is 79.0.